The van der Waals surface area contributed by atoms with E-state index in [-0.39, 0.29) is 5.91 Å². The molecule has 0 aliphatic rings. The second-order valence-electron chi connectivity index (χ2n) is 4.81. The molecule has 0 aromatic heterocycles. The lowest BCUT2D eigenvalue weighted by Gasteiger charge is -2.15. The Morgan fingerprint density at radius 3 is 2.67 bits per heavy atom. The molecule has 1 atom stereocenters. The van der Waals surface area contributed by atoms with E-state index in [0.29, 0.717) is 23.0 Å². The van der Waals surface area contributed by atoms with E-state index < -0.39 is 6.04 Å². The number of benzene rings is 1. The van der Waals surface area contributed by atoms with Gasteiger partial charge in [-0.3, -0.25) is 4.79 Å². The lowest BCUT2D eigenvalue weighted by Crippen LogP contribution is -2.36. The Hall–Kier alpha value is -0.580. The van der Waals surface area contributed by atoms with Crippen molar-refractivity contribution in [3.05, 3.63) is 27.2 Å². The van der Waals surface area contributed by atoms with Gasteiger partial charge in [0.05, 0.1) is 11.7 Å². The molecule has 1 unspecified atom stereocenters. The normalized spacial score (nSPS) is 12.6. The Morgan fingerprint density at radius 1 is 1.50 bits per heavy atom. The van der Waals surface area contributed by atoms with E-state index in [2.05, 4.69) is 21.2 Å². The maximum Gasteiger partial charge on any atom is 0.241 e. The molecule has 5 heteroatoms. The van der Waals surface area contributed by atoms with Gasteiger partial charge in [0.2, 0.25) is 5.91 Å². The summed E-state index contributed by atoms with van der Waals surface area (Å²) >= 11 is 9.43. The van der Waals surface area contributed by atoms with Crippen molar-refractivity contribution >= 4 is 39.1 Å². The van der Waals surface area contributed by atoms with E-state index >= 15 is 0 Å². The van der Waals surface area contributed by atoms with Gasteiger partial charge in [0.25, 0.3) is 0 Å². The minimum Gasteiger partial charge on any atom is -0.324 e. The molecule has 18 heavy (non-hydrogen) atoms. The van der Waals surface area contributed by atoms with Gasteiger partial charge in [0.1, 0.15) is 0 Å². The van der Waals surface area contributed by atoms with Crippen LogP contribution in [0, 0.1) is 12.8 Å². The first-order chi connectivity index (χ1) is 8.31. The van der Waals surface area contributed by atoms with Crippen LogP contribution < -0.4 is 11.1 Å². The van der Waals surface area contributed by atoms with Crippen LogP contribution in [0.4, 0.5) is 5.69 Å². The van der Waals surface area contributed by atoms with Gasteiger partial charge in [-0.05, 0) is 52.9 Å². The summed E-state index contributed by atoms with van der Waals surface area (Å²) in [6.45, 7) is 5.97. The molecular formula is C13H18BrClN2O. The summed E-state index contributed by atoms with van der Waals surface area (Å²) in [5.74, 6) is 0.195. The Bertz CT molecular complexity index is 449. The van der Waals surface area contributed by atoms with Crippen LogP contribution in [0.2, 0.25) is 5.02 Å². The topological polar surface area (TPSA) is 55.1 Å². The van der Waals surface area contributed by atoms with Crippen molar-refractivity contribution < 1.29 is 4.79 Å². The zero-order valence-corrected chi connectivity index (χ0v) is 13.1. The van der Waals surface area contributed by atoms with Gasteiger partial charge in [-0.25, -0.2) is 0 Å². The quantitative estimate of drug-likeness (QED) is 0.882. The zero-order chi connectivity index (χ0) is 13.9. The highest BCUT2D eigenvalue weighted by Crippen LogP contribution is 2.29. The number of anilines is 1. The Balaban J connectivity index is 2.79. The molecule has 1 amide bonds. The molecule has 0 aliphatic heterocycles. The average Bonchev–Trinajstić information content (AvgIpc) is 2.24. The van der Waals surface area contributed by atoms with Crippen molar-refractivity contribution in [1.82, 2.24) is 0 Å². The third-order valence-electron chi connectivity index (χ3n) is 2.57. The van der Waals surface area contributed by atoms with E-state index in [1.807, 2.05) is 26.8 Å². The third kappa shape index (κ3) is 4.26. The second kappa shape index (κ2) is 6.55. The van der Waals surface area contributed by atoms with Crippen LogP contribution in [0.3, 0.4) is 0 Å². The first-order valence-electron chi connectivity index (χ1n) is 5.83. The third-order valence-corrected chi connectivity index (χ3v) is 3.63. The summed E-state index contributed by atoms with van der Waals surface area (Å²) < 4.78 is 0.800. The van der Waals surface area contributed by atoms with Gasteiger partial charge in [-0.2, -0.15) is 0 Å². The molecule has 0 radical (unpaired) electrons. The summed E-state index contributed by atoms with van der Waals surface area (Å²) in [4.78, 5) is 11.9. The van der Waals surface area contributed by atoms with Crippen LogP contribution in [0.5, 0.6) is 0 Å². The van der Waals surface area contributed by atoms with Gasteiger partial charge >= 0.3 is 0 Å². The molecule has 0 saturated carbocycles. The van der Waals surface area contributed by atoms with Gasteiger partial charge in [-0.1, -0.05) is 25.4 Å². The summed E-state index contributed by atoms with van der Waals surface area (Å²) in [6.07, 6.45) is 0.656. The maximum absolute atomic E-state index is 11.9. The fourth-order valence-electron chi connectivity index (χ4n) is 1.58. The summed E-state index contributed by atoms with van der Waals surface area (Å²) in [5.41, 5.74) is 7.42. The number of aryl methyl sites for hydroxylation is 1. The second-order valence-corrected chi connectivity index (χ2v) is 6.07. The number of amides is 1. The van der Waals surface area contributed by atoms with Crippen LogP contribution in [-0.4, -0.2) is 11.9 Å². The molecule has 0 saturated heterocycles. The van der Waals surface area contributed by atoms with Crippen molar-refractivity contribution in [1.29, 1.82) is 0 Å². The summed E-state index contributed by atoms with van der Waals surface area (Å²) in [5, 5.41) is 3.40. The van der Waals surface area contributed by atoms with Gasteiger partial charge in [-0.15, -0.1) is 0 Å². The smallest absolute Gasteiger partial charge is 0.241 e. The fraction of sp³-hybridized carbons (Fsp3) is 0.462. The molecule has 1 rings (SSSR count). The molecule has 100 valence electrons. The van der Waals surface area contributed by atoms with Crippen LogP contribution in [0.1, 0.15) is 25.8 Å². The maximum atomic E-state index is 11.9. The van der Waals surface area contributed by atoms with E-state index in [9.17, 15) is 4.79 Å². The van der Waals surface area contributed by atoms with Crippen LogP contribution in [0.15, 0.2) is 16.6 Å². The molecule has 1 aromatic rings. The van der Waals surface area contributed by atoms with E-state index in [1.165, 1.54) is 0 Å². The number of halogens is 2. The lowest BCUT2D eigenvalue weighted by molar-refractivity contribution is -0.117. The van der Waals surface area contributed by atoms with Gasteiger partial charge in [0, 0.05) is 9.50 Å². The Kier molecular flexibility index (Phi) is 5.63. The van der Waals surface area contributed by atoms with Crippen molar-refractivity contribution in [2.45, 2.75) is 33.2 Å². The predicted octanol–water partition coefficient (Wildman–Crippen LogP) is 3.72. The first-order valence-corrected chi connectivity index (χ1v) is 7.00. The number of carbonyl (C=O) groups is 1. The van der Waals surface area contributed by atoms with Crippen molar-refractivity contribution in [2.24, 2.45) is 11.7 Å². The molecule has 0 spiro atoms. The average molecular weight is 334 g/mol. The fourth-order valence-corrected chi connectivity index (χ4v) is 2.30. The number of nitrogens with one attached hydrogen (secondary N) is 1. The number of rotatable bonds is 4. The molecule has 3 nitrogen and oxygen atoms in total. The zero-order valence-electron chi connectivity index (χ0n) is 10.8. The van der Waals surface area contributed by atoms with Crippen molar-refractivity contribution in [2.75, 3.05) is 5.32 Å². The summed E-state index contributed by atoms with van der Waals surface area (Å²) in [6, 6.07) is 3.09. The number of nitrogens with two attached hydrogens (primary N) is 1. The summed E-state index contributed by atoms with van der Waals surface area (Å²) in [7, 11) is 0. The largest absolute Gasteiger partial charge is 0.324 e. The SMILES string of the molecule is Cc1cc(Br)c(NC(=O)C(N)CC(C)C)cc1Cl. The monoisotopic (exact) mass is 332 g/mol. The highest BCUT2D eigenvalue weighted by atomic mass is 79.9. The molecule has 3 N–H and O–H groups in total. The highest BCUT2D eigenvalue weighted by Gasteiger charge is 2.16. The Labute approximate surface area is 121 Å². The molecular weight excluding hydrogens is 316 g/mol. The van der Waals surface area contributed by atoms with E-state index in [0.717, 1.165) is 10.0 Å². The van der Waals surface area contributed by atoms with Crippen LogP contribution >= 0.6 is 27.5 Å². The first kappa shape index (κ1) is 15.5. The minimum absolute atomic E-state index is 0.190. The van der Waals surface area contributed by atoms with Crippen molar-refractivity contribution in [3.63, 3.8) is 0 Å². The highest BCUT2D eigenvalue weighted by molar-refractivity contribution is 9.10. The molecule has 0 bridgehead atoms. The predicted molar refractivity (Wildman–Crippen MR) is 79.9 cm³/mol. The number of hydrogen-bond donors (Lipinski definition) is 2. The number of hydrogen-bond acceptors (Lipinski definition) is 2. The molecule has 0 aliphatic carbocycles. The van der Waals surface area contributed by atoms with Gasteiger partial charge < -0.3 is 11.1 Å². The molecule has 0 fully saturated rings. The van der Waals surface area contributed by atoms with Crippen LogP contribution in [-0.2, 0) is 4.79 Å². The number of carbonyl (C=O) groups excluding carboxylic acids is 1. The van der Waals surface area contributed by atoms with E-state index in [4.69, 9.17) is 17.3 Å². The van der Waals surface area contributed by atoms with Crippen molar-refractivity contribution in [3.8, 4) is 0 Å². The Morgan fingerprint density at radius 2 is 2.11 bits per heavy atom. The molecule has 1 aromatic carbocycles. The minimum atomic E-state index is -0.503. The van der Waals surface area contributed by atoms with E-state index in [1.54, 1.807) is 6.07 Å². The lowest BCUT2D eigenvalue weighted by atomic mass is 10.0. The van der Waals surface area contributed by atoms with Gasteiger partial charge in [0.15, 0.2) is 0 Å². The standard InChI is InChI=1S/C13H18BrClN2O/c1-7(2)4-11(16)13(18)17-12-6-10(15)8(3)5-9(12)14/h5-7,11H,4,16H2,1-3H3,(H,17,18). The molecule has 0 heterocycles. The van der Waals surface area contributed by atoms with Crippen LogP contribution in [0.25, 0.3) is 0 Å².